The molecule has 0 aliphatic carbocycles. The summed E-state index contributed by atoms with van der Waals surface area (Å²) in [6.45, 7) is 2.25. The van der Waals surface area contributed by atoms with Gasteiger partial charge in [-0.1, -0.05) is 62.2 Å². The maximum atomic E-state index is 5.31. The van der Waals surface area contributed by atoms with E-state index in [-0.39, 0.29) is 6.04 Å². The summed E-state index contributed by atoms with van der Waals surface area (Å²) in [6, 6.07) is 28.0. The highest BCUT2D eigenvalue weighted by Crippen LogP contribution is 2.37. The smallest absolute Gasteiger partial charge is 0.118 e. The average Bonchev–Trinajstić information content (AvgIpc) is 3.26. The van der Waals surface area contributed by atoms with Crippen molar-refractivity contribution in [1.82, 2.24) is 0 Å². The quantitative estimate of drug-likeness (QED) is 0.391. The number of unbranched alkanes of at least 4 members (excludes halogenated alkanes) is 2. The van der Waals surface area contributed by atoms with Crippen LogP contribution in [0.5, 0.6) is 5.75 Å². The van der Waals surface area contributed by atoms with Crippen molar-refractivity contribution in [2.75, 3.05) is 12.1 Å². The average molecular weight is 399 g/mol. The predicted octanol–water partition coefficient (Wildman–Crippen LogP) is 6.78. The fourth-order valence-corrected chi connectivity index (χ4v) is 4.03. The Morgan fingerprint density at radius 2 is 1.63 bits per heavy atom. The number of ether oxygens (including phenoxy) is 1. The van der Waals surface area contributed by atoms with Gasteiger partial charge in [-0.15, -0.1) is 0 Å². The second kappa shape index (κ2) is 9.62. The molecule has 0 saturated carbocycles. The summed E-state index contributed by atoms with van der Waals surface area (Å²) in [6.07, 6.45) is 5.87. The molecule has 3 nitrogen and oxygen atoms in total. The van der Waals surface area contributed by atoms with E-state index in [1.807, 2.05) is 18.2 Å². The lowest BCUT2D eigenvalue weighted by atomic mass is 9.96. The second-order valence-corrected chi connectivity index (χ2v) is 7.87. The SMILES string of the molecule is CCCCCc1ccc(C2CC(c3ccc(OC)cc3)=NN2c2ccccc2)cc1. The fourth-order valence-electron chi connectivity index (χ4n) is 4.03. The van der Waals surface area contributed by atoms with Crippen LogP contribution in [0.4, 0.5) is 5.69 Å². The standard InChI is InChI=1S/C27H30N2O/c1-3-4-6-9-21-12-14-23(15-13-21)27-20-26(22-16-18-25(30-2)19-17-22)28-29(27)24-10-7-5-8-11-24/h5,7-8,10-19,27H,3-4,6,9,20H2,1-2H3. The molecule has 0 aromatic heterocycles. The van der Waals surface area contributed by atoms with Crippen LogP contribution < -0.4 is 9.75 Å². The van der Waals surface area contributed by atoms with E-state index in [0.717, 1.165) is 35.6 Å². The van der Waals surface area contributed by atoms with Gasteiger partial charge in [0, 0.05) is 6.42 Å². The minimum atomic E-state index is 0.203. The van der Waals surface area contributed by atoms with Gasteiger partial charge in [-0.25, -0.2) is 0 Å². The van der Waals surface area contributed by atoms with Crippen molar-refractivity contribution in [2.45, 2.75) is 45.1 Å². The van der Waals surface area contributed by atoms with E-state index in [9.17, 15) is 0 Å². The summed E-state index contributed by atoms with van der Waals surface area (Å²) < 4.78 is 5.31. The minimum Gasteiger partial charge on any atom is -0.497 e. The summed E-state index contributed by atoms with van der Waals surface area (Å²) in [5.74, 6) is 0.868. The third-order valence-electron chi connectivity index (χ3n) is 5.79. The monoisotopic (exact) mass is 398 g/mol. The summed E-state index contributed by atoms with van der Waals surface area (Å²) in [4.78, 5) is 0. The lowest BCUT2D eigenvalue weighted by molar-refractivity contribution is 0.415. The highest BCUT2D eigenvalue weighted by Gasteiger charge is 2.29. The van der Waals surface area contributed by atoms with Gasteiger partial charge in [0.1, 0.15) is 5.75 Å². The zero-order chi connectivity index (χ0) is 20.8. The van der Waals surface area contributed by atoms with Crippen LogP contribution in [-0.2, 0) is 6.42 Å². The first-order valence-electron chi connectivity index (χ1n) is 10.9. The molecule has 1 heterocycles. The molecule has 1 atom stereocenters. The van der Waals surface area contributed by atoms with Crippen LogP contribution in [0.2, 0.25) is 0 Å². The van der Waals surface area contributed by atoms with E-state index in [2.05, 4.69) is 72.6 Å². The predicted molar refractivity (Wildman–Crippen MR) is 125 cm³/mol. The minimum absolute atomic E-state index is 0.203. The highest BCUT2D eigenvalue weighted by atomic mass is 16.5. The van der Waals surface area contributed by atoms with Crippen molar-refractivity contribution in [1.29, 1.82) is 0 Å². The Bertz CT molecular complexity index is 962. The molecule has 0 fully saturated rings. The van der Waals surface area contributed by atoms with Gasteiger partial charge in [-0.05, 0) is 65.9 Å². The molecule has 3 aromatic carbocycles. The van der Waals surface area contributed by atoms with Crippen LogP contribution in [0.3, 0.4) is 0 Å². The fraction of sp³-hybridized carbons (Fsp3) is 0.296. The molecular formula is C27H30N2O. The van der Waals surface area contributed by atoms with Crippen LogP contribution in [-0.4, -0.2) is 12.8 Å². The van der Waals surface area contributed by atoms with Crippen LogP contribution in [0.1, 0.15) is 55.3 Å². The number of nitrogens with zero attached hydrogens (tertiary/aromatic N) is 2. The molecule has 0 N–H and O–H groups in total. The molecule has 0 radical (unpaired) electrons. The number of methoxy groups -OCH3 is 1. The molecule has 154 valence electrons. The summed E-state index contributed by atoms with van der Waals surface area (Å²) >= 11 is 0. The van der Waals surface area contributed by atoms with Gasteiger partial charge in [-0.3, -0.25) is 5.01 Å². The van der Waals surface area contributed by atoms with Crippen molar-refractivity contribution in [3.05, 3.63) is 95.6 Å². The first-order valence-corrected chi connectivity index (χ1v) is 10.9. The largest absolute Gasteiger partial charge is 0.497 e. The number of rotatable bonds is 8. The van der Waals surface area contributed by atoms with Crippen LogP contribution in [0, 0.1) is 0 Å². The number of benzene rings is 3. The van der Waals surface area contributed by atoms with Crippen molar-refractivity contribution in [3.8, 4) is 5.75 Å². The number of hydrogen-bond acceptors (Lipinski definition) is 3. The van der Waals surface area contributed by atoms with Crippen LogP contribution in [0.15, 0.2) is 84.0 Å². The first-order chi connectivity index (χ1) is 14.8. The Balaban J connectivity index is 1.59. The lowest BCUT2D eigenvalue weighted by Gasteiger charge is -2.24. The molecule has 0 bridgehead atoms. The molecule has 1 aliphatic heterocycles. The zero-order valence-corrected chi connectivity index (χ0v) is 17.9. The van der Waals surface area contributed by atoms with Gasteiger partial charge >= 0.3 is 0 Å². The van der Waals surface area contributed by atoms with E-state index in [0.29, 0.717) is 0 Å². The van der Waals surface area contributed by atoms with Crippen LogP contribution in [0.25, 0.3) is 0 Å². The molecular weight excluding hydrogens is 368 g/mol. The van der Waals surface area contributed by atoms with Crippen molar-refractivity contribution < 1.29 is 4.74 Å². The number of hydrogen-bond donors (Lipinski definition) is 0. The van der Waals surface area contributed by atoms with E-state index in [1.54, 1.807) is 7.11 Å². The normalized spacial score (nSPS) is 15.9. The summed E-state index contributed by atoms with van der Waals surface area (Å²) in [5, 5.41) is 7.21. The van der Waals surface area contributed by atoms with Gasteiger partial charge in [0.2, 0.25) is 0 Å². The van der Waals surface area contributed by atoms with E-state index in [4.69, 9.17) is 9.84 Å². The zero-order valence-electron chi connectivity index (χ0n) is 17.9. The van der Waals surface area contributed by atoms with Crippen molar-refractivity contribution in [2.24, 2.45) is 5.10 Å². The molecule has 0 spiro atoms. The van der Waals surface area contributed by atoms with E-state index in [1.165, 1.54) is 30.4 Å². The molecule has 1 unspecified atom stereocenters. The summed E-state index contributed by atoms with van der Waals surface area (Å²) in [5.41, 5.74) is 6.12. The van der Waals surface area contributed by atoms with Gasteiger partial charge in [0.05, 0.1) is 24.6 Å². The number of hydrazone groups is 1. The van der Waals surface area contributed by atoms with Gasteiger partial charge in [-0.2, -0.15) is 5.10 Å². The number of aryl methyl sites for hydroxylation is 1. The lowest BCUT2D eigenvalue weighted by Crippen LogP contribution is -2.18. The maximum Gasteiger partial charge on any atom is 0.118 e. The Labute approximate surface area is 180 Å². The van der Waals surface area contributed by atoms with E-state index >= 15 is 0 Å². The Hall–Kier alpha value is -3.07. The van der Waals surface area contributed by atoms with Crippen LogP contribution >= 0.6 is 0 Å². The molecule has 4 rings (SSSR count). The topological polar surface area (TPSA) is 24.8 Å². The molecule has 0 saturated heterocycles. The molecule has 30 heavy (non-hydrogen) atoms. The summed E-state index contributed by atoms with van der Waals surface area (Å²) in [7, 11) is 1.70. The Morgan fingerprint density at radius 3 is 2.30 bits per heavy atom. The van der Waals surface area contributed by atoms with Gasteiger partial charge in [0.25, 0.3) is 0 Å². The van der Waals surface area contributed by atoms with Gasteiger partial charge in [0.15, 0.2) is 0 Å². The Morgan fingerprint density at radius 1 is 0.900 bits per heavy atom. The first kappa shape index (κ1) is 20.2. The van der Waals surface area contributed by atoms with Crippen molar-refractivity contribution >= 4 is 11.4 Å². The third-order valence-corrected chi connectivity index (χ3v) is 5.79. The Kier molecular flexibility index (Phi) is 6.48. The van der Waals surface area contributed by atoms with Gasteiger partial charge < -0.3 is 4.74 Å². The van der Waals surface area contributed by atoms with E-state index < -0.39 is 0 Å². The number of para-hydroxylation sites is 1. The molecule has 0 amide bonds. The number of anilines is 1. The third kappa shape index (κ3) is 4.56. The highest BCUT2D eigenvalue weighted by molar-refractivity contribution is 6.03. The molecule has 3 heteroatoms. The van der Waals surface area contributed by atoms with Crippen molar-refractivity contribution in [3.63, 3.8) is 0 Å². The molecule has 1 aliphatic rings. The maximum absolute atomic E-state index is 5.31. The molecule has 3 aromatic rings. The second-order valence-electron chi connectivity index (χ2n) is 7.87.